The topological polar surface area (TPSA) is 101 Å². The van der Waals surface area contributed by atoms with Crippen LogP contribution >= 0.6 is 11.3 Å². The van der Waals surface area contributed by atoms with Gasteiger partial charge in [-0.15, -0.1) is 11.3 Å². The summed E-state index contributed by atoms with van der Waals surface area (Å²) in [4.78, 5) is 34.4. The van der Waals surface area contributed by atoms with Crippen LogP contribution in [0.1, 0.15) is 57.8 Å². The second-order valence-electron chi connectivity index (χ2n) is 7.20. The van der Waals surface area contributed by atoms with Crippen LogP contribution in [0.2, 0.25) is 0 Å². The van der Waals surface area contributed by atoms with E-state index < -0.39 is 0 Å². The number of amides is 1. The summed E-state index contributed by atoms with van der Waals surface area (Å²) in [6, 6.07) is 3.68. The molecule has 1 amide bonds. The quantitative estimate of drug-likeness (QED) is 0.360. The number of aromatic nitrogens is 2. The summed E-state index contributed by atoms with van der Waals surface area (Å²) < 4.78 is 4.96. The van der Waals surface area contributed by atoms with Gasteiger partial charge in [-0.05, 0) is 37.8 Å². The molecule has 2 heterocycles. The number of carbonyl (C=O) groups is 2. The maximum Gasteiger partial charge on any atom is 0.226 e. The largest absolute Gasteiger partial charge is 0.507 e. The van der Waals surface area contributed by atoms with Crippen molar-refractivity contribution in [3.05, 3.63) is 50.7 Å². The van der Waals surface area contributed by atoms with E-state index in [0.717, 1.165) is 25.0 Å². The first-order valence-electron chi connectivity index (χ1n) is 10.2. The Kier molecular flexibility index (Phi) is 7.70. The molecule has 1 aliphatic rings. The van der Waals surface area contributed by atoms with Crippen LogP contribution in [0, 0.1) is 0 Å². The van der Waals surface area contributed by atoms with Crippen LogP contribution in [-0.4, -0.2) is 47.0 Å². The number of nitrogens with zero attached hydrogens (tertiary/aromatic N) is 2. The number of Topliss-reactive ketones (excluding diaryl/α,β-unsaturated/α-hetero) is 1. The number of hydrogen-bond acceptors (Lipinski definition) is 7. The van der Waals surface area contributed by atoms with Gasteiger partial charge < -0.3 is 15.2 Å². The highest BCUT2D eigenvalue weighted by molar-refractivity contribution is 7.14. The van der Waals surface area contributed by atoms with Crippen molar-refractivity contribution in [3.8, 4) is 0 Å². The Bertz CT molecular complexity index is 934. The first kappa shape index (κ1) is 22.1. The Balaban J connectivity index is 1.70. The smallest absolute Gasteiger partial charge is 0.226 e. The number of ether oxygens (including phenoxy) is 1. The fourth-order valence-electron chi connectivity index (χ4n) is 3.33. The van der Waals surface area contributed by atoms with Crippen molar-refractivity contribution in [1.29, 1.82) is 0 Å². The number of aryl methyl sites for hydroxylation is 2. The molecule has 0 atom stereocenters. The molecule has 2 aromatic heterocycles. The molecule has 0 bridgehead atoms. The van der Waals surface area contributed by atoms with Crippen molar-refractivity contribution < 1.29 is 19.4 Å². The van der Waals surface area contributed by atoms with E-state index in [1.54, 1.807) is 19.4 Å². The average Bonchev–Trinajstić information content (AvgIpc) is 3.15. The summed E-state index contributed by atoms with van der Waals surface area (Å²) in [6.45, 7) is 3.22. The molecule has 2 aromatic rings. The van der Waals surface area contributed by atoms with Crippen molar-refractivity contribution in [3.63, 3.8) is 0 Å². The van der Waals surface area contributed by atoms with Crippen LogP contribution in [0.15, 0.2) is 23.9 Å². The molecule has 0 aliphatic heterocycles. The van der Waals surface area contributed by atoms with E-state index in [1.165, 1.54) is 11.3 Å². The number of aliphatic hydroxyl groups is 1. The molecule has 30 heavy (non-hydrogen) atoms. The molecular weight excluding hydrogens is 402 g/mol. The third-order valence-electron chi connectivity index (χ3n) is 4.88. The number of fused-ring (bicyclic) bond motifs is 1. The van der Waals surface area contributed by atoms with Crippen molar-refractivity contribution >= 4 is 28.8 Å². The SMILES string of the molecule is CCCc1ccc(C(O)=C2CCc3nc(CC(=O)NCCCOC)sc3C2=O)cn1. The fourth-order valence-corrected chi connectivity index (χ4v) is 4.41. The molecule has 7 nitrogen and oxygen atoms in total. The summed E-state index contributed by atoms with van der Waals surface area (Å²) in [7, 11) is 1.62. The zero-order valence-corrected chi connectivity index (χ0v) is 18.2. The van der Waals surface area contributed by atoms with Gasteiger partial charge in [0.1, 0.15) is 10.8 Å². The number of thiazole rings is 1. The van der Waals surface area contributed by atoms with Crippen LogP contribution < -0.4 is 5.32 Å². The first-order chi connectivity index (χ1) is 14.5. The van der Waals surface area contributed by atoms with E-state index in [-0.39, 0.29) is 23.9 Å². The average molecular weight is 430 g/mol. The van der Waals surface area contributed by atoms with Crippen LogP contribution in [0.4, 0.5) is 0 Å². The van der Waals surface area contributed by atoms with Crippen LogP contribution in [0.25, 0.3) is 5.76 Å². The summed E-state index contributed by atoms with van der Waals surface area (Å²) >= 11 is 1.23. The summed E-state index contributed by atoms with van der Waals surface area (Å²) in [6.07, 6.45) is 5.36. The van der Waals surface area contributed by atoms with Gasteiger partial charge in [-0.1, -0.05) is 13.3 Å². The molecule has 160 valence electrons. The molecule has 0 saturated carbocycles. The second-order valence-corrected chi connectivity index (χ2v) is 8.28. The number of methoxy groups -OCH3 is 1. The van der Waals surface area contributed by atoms with E-state index in [0.29, 0.717) is 52.7 Å². The molecule has 0 saturated heterocycles. The maximum atomic E-state index is 13.0. The van der Waals surface area contributed by atoms with Crippen LogP contribution in [0.3, 0.4) is 0 Å². The van der Waals surface area contributed by atoms with E-state index in [4.69, 9.17) is 4.74 Å². The molecule has 0 spiro atoms. The number of aliphatic hydroxyl groups excluding tert-OH is 1. The van der Waals surface area contributed by atoms with E-state index in [1.807, 2.05) is 6.07 Å². The number of pyridine rings is 1. The van der Waals surface area contributed by atoms with E-state index in [9.17, 15) is 14.7 Å². The van der Waals surface area contributed by atoms with Crippen LogP contribution in [0.5, 0.6) is 0 Å². The Morgan fingerprint density at radius 3 is 2.87 bits per heavy atom. The highest BCUT2D eigenvalue weighted by Gasteiger charge is 2.29. The fraction of sp³-hybridized carbons (Fsp3) is 0.455. The maximum absolute atomic E-state index is 13.0. The Morgan fingerprint density at radius 2 is 2.17 bits per heavy atom. The first-order valence-corrected chi connectivity index (χ1v) is 11.0. The van der Waals surface area contributed by atoms with Crippen LogP contribution in [-0.2, 0) is 28.8 Å². The highest BCUT2D eigenvalue weighted by Crippen LogP contribution is 2.33. The van der Waals surface area contributed by atoms with Gasteiger partial charge >= 0.3 is 0 Å². The Hall–Kier alpha value is -2.58. The van der Waals surface area contributed by atoms with Gasteiger partial charge in [-0.3, -0.25) is 14.6 Å². The second kappa shape index (κ2) is 10.4. The minimum absolute atomic E-state index is 0.0213. The zero-order chi connectivity index (χ0) is 21.5. The monoisotopic (exact) mass is 429 g/mol. The minimum atomic E-state index is -0.212. The molecule has 0 unspecified atom stereocenters. The summed E-state index contributed by atoms with van der Waals surface area (Å²) in [5.41, 5.74) is 2.60. The predicted molar refractivity (Wildman–Crippen MR) is 116 cm³/mol. The third-order valence-corrected chi connectivity index (χ3v) is 5.98. The normalized spacial score (nSPS) is 15.1. The van der Waals surface area contributed by atoms with Gasteiger partial charge in [0.2, 0.25) is 11.7 Å². The minimum Gasteiger partial charge on any atom is -0.507 e. The lowest BCUT2D eigenvalue weighted by molar-refractivity contribution is -0.120. The summed E-state index contributed by atoms with van der Waals surface area (Å²) in [5.74, 6) is -0.357. The lowest BCUT2D eigenvalue weighted by Gasteiger charge is -2.14. The lowest BCUT2D eigenvalue weighted by atomic mass is 9.93. The van der Waals surface area contributed by atoms with Crippen molar-refractivity contribution in [2.75, 3.05) is 20.3 Å². The number of ketones is 1. The molecule has 2 N–H and O–H groups in total. The molecule has 1 aliphatic carbocycles. The van der Waals surface area contributed by atoms with Gasteiger partial charge in [-0.2, -0.15) is 0 Å². The zero-order valence-electron chi connectivity index (χ0n) is 17.4. The Morgan fingerprint density at radius 1 is 1.33 bits per heavy atom. The third kappa shape index (κ3) is 5.31. The van der Waals surface area contributed by atoms with Crippen molar-refractivity contribution in [1.82, 2.24) is 15.3 Å². The van der Waals surface area contributed by atoms with E-state index >= 15 is 0 Å². The van der Waals surface area contributed by atoms with Gasteiger partial charge in [-0.25, -0.2) is 4.98 Å². The summed E-state index contributed by atoms with van der Waals surface area (Å²) in [5, 5.41) is 14.1. The number of carbonyl (C=O) groups excluding carboxylic acids is 2. The Labute approximate surface area is 180 Å². The number of nitrogens with one attached hydrogen (secondary N) is 1. The molecule has 8 heteroatoms. The predicted octanol–water partition coefficient (Wildman–Crippen LogP) is 3.28. The highest BCUT2D eigenvalue weighted by atomic mass is 32.1. The number of allylic oxidation sites excluding steroid dienone is 1. The number of hydrogen-bond donors (Lipinski definition) is 2. The van der Waals surface area contributed by atoms with Crippen molar-refractivity contribution in [2.45, 2.75) is 45.4 Å². The molecule has 0 radical (unpaired) electrons. The van der Waals surface area contributed by atoms with E-state index in [2.05, 4.69) is 22.2 Å². The molecule has 0 fully saturated rings. The molecular formula is C22H27N3O4S. The van der Waals surface area contributed by atoms with Gasteiger partial charge in [0, 0.05) is 43.3 Å². The molecule has 3 rings (SSSR count). The molecule has 0 aromatic carbocycles. The standard InChI is InChI=1S/C22H27N3O4S/c1-3-5-15-7-6-14(13-24-15)20(27)16-8-9-17-22(21(16)28)30-19(25-17)12-18(26)23-10-4-11-29-2/h6-7,13,27H,3-5,8-12H2,1-2H3,(H,23,26). The van der Waals surface area contributed by atoms with Gasteiger partial charge in [0.05, 0.1) is 17.0 Å². The van der Waals surface area contributed by atoms with Gasteiger partial charge in [0.25, 0.3) is 0 Å². The lowest BCUT2D eigenvalue weighted by Crippen LogP contribution is -2.26. The van der Waals surface area contributed by atoms with Gasteiger partial charge in [0.15, 0.2) is 0 Å². The van der Waals surface area contributed by atoms with Crippen molar-refractivity contribution in [2.24, 2.45) is 0 Å². The number of rotatable bonds is 9.